The van der Waals surface area contributed by atoms with Gasteiger partial charge in [0.05, 0.1) is 11.9 Å². The van der Waals surface area contributed by atoms with Crippen molar-refractivity contribution in [3.63, 3.8) is 0 Å². The van der Waals surface area contributed by atoms with E-state index in [-0.39, 0.29) is 5.91 Å². The normalized spacial score (nSPS) is 11.6. The molecule has 0 radical (unpaired) electrons. The number of carbonyl (C=O) groups is 2. The fourth-order valence-corrected chi connectivity index (χ4v) is 1.97. The molecule has 0 aliphatic heterocycles. The second-order valence-corrected chi connectivity index (χ2v) is 5.11. The summed E-state index contributed by atoms with van der Waals surface area (Å²) in [6.45, 7) is 4.74. The van der Waals surface area contributed by atoms with Crippen molar-refractivity contribution in [2.45, 2.75) is 33.0 Å². The highest BCUT2D eigenvalue weighted by molar-refractivity contribution is 5.93. The summed E-state index contributed by atoms with van der Waals surface area (Å²) < 4.78 is 1.70. The van der Waals surface area contributed by atoms with Gasteiger partial charge in [0, 0.05) is 19.3 Å². The number of urea groups is 1. The minimum atomic E-state index is -0.639. The fraction of sp³-hybridized carbons (Fsp3) is 0.312. The predicted molar refractivity (Wildman–Crippen MR) is 87.8 cm³/mol. The second-order valence-electron chi connectivity index (χ2n) is 5.11. The second kappa shape index (κ2) is 7.98. The van der Waals surface area contributed by atoms with Gasteiger partial charge in [0.15, 0.2) is 0 Å². The molecule has 0 fully saturated rings. The number of rotatable bonds is 6. The summed E-state index contributed by atoms with van der Waals surface area (Å²) >= 11 is 0. The lowest BCUT2D eigenvalue weighted by molar-refractivity contribution is -0.122. The van der Waals surface area contributed by atoms with Gasteiger partial charge in [0.1, 0.15) is 6.04 Å². The molecule has 23 heavy (non-hydrogen) atoms. The molecule has 3 N–H and O–H groups in total. The molecule has 0 saturated heterocycles. The van der Waals surface area contributed by atoms with Gasteiger partial charge >= 0.3 is 6.03 Å². The molecule has 7 heteroatoms. The van der Waals surface area contributed by atoms with Gasteiger partial charge in [-0.25, -0.2) is 4.79 Å². The summed E-state index contributed by atoms with van der Waals surface area (Å²) in [5.74, 6) is -0.242. The van der Waals surface area contributed by atoms with Gasteiger partial charge in [-0.1, -0.05) is 30.3 Å². The quantitative estimate of drug-likeness (QED) is 0.758. The van der Waals surface area contributed by atoms with E-state index in [9.17, 15) is 9.59 Å². The topological polar surface area (TPSA) is 88.0 Å². The SMILES string of the molecule is CCn1cc(NC(=O)N[C@@H](C)C(=O)NCc2ccccc2)cn1. The molecule has 3 amide bonds. The Labute approximate surface area is 135 Å². The Morgan fingerprint density at radius 1 is 1.26 bits per heavy atom. The molecule has 2 rings (SSSR count). The van der Waals surface area contributed by atoms with E-state index >= 15 is 0 Å². The molecule has 0 spiro atoms. The molecule has 1 atom stereocenters. The first kappa shape index (κ1) is 16.5. The lowest BCUT2D eigenvalue weighted by Gasteiger charge is -2.14. The molecule has 0 unspecified atom stereocenters. The molecular weight excluding hydrogens is 294 g/mol. The third kappa shape index (κ3) is 5.14. The number of carbonyl (C=O) groups excluding carboxylic acids is 2. The van der Waals surface area contributed by atoms with E-state index in [4.69, 9.17) is 0 Å². The molecule has 2 aromatic rings. The van der Waals surface area contributed by atoms with Gasteiger partial charge in [0.25, 0.3) is 0 Å². The standard InChI is InChI=1S/C16H21N5O2/c1-3-21-11-14(10-18-21)20-16(23)19-12(2)15(22)17-9-13-7-5-4-6-8-13/h4-8,10-12H,3,9H2,1-2H3,(H,17,22)(H2,19,20,23)/t12-/m0/s1. The maximum atomic E-state index is 12.0. The number of hydrogen-bond acceptors (Lipinski definition) is 3. The van der Waals surface area contributed by atoms with Crippen LogP contribution in [0, 0.1) is 0 Å². The van der Waals surface area contributed by atoms with Crippen molar-refractivity contribution >= 4 is 17.6 Å². The zero-order valence-electron chi connectivity index (χ0n) is 13.2. The van der Waals surface area contributed by atoms with Crippen LogP contribution in [0.4, 0.5) is 10.5 Å². The van der Waals surface area contributed by atoms with E-state index in [1.807, 2.05) is 37.3 Å². The highest BCUT2D eigenvalue weighted by Gasteiger charge is 2.15. The number of anilines is 1. The maximum absolute atomic E-state index is 12.0. The molecule has 7 nitrogen and oxygen atoms in total. The highest BCUT2D eigenvalue weighted by atomic mass is 16.2. The van der Waals surface area contributed by atoms with Gasteiger partial charge in [-0.15, -0.1) is 0 Å². The Morgan fingerprint density at radius 2 is 2.00 bits per heavy atom. The predicted octanol–water partition coefficient (Wildman–Crippen LogP) is 1.73. The van der Waals surface area contributed by atoms with Crippen LogP contribution in [0.1, 0.15) is 19.4 Å². The van der Waals surface area contributed by atoms with Crippen LogP contribution in [-0.2, 0) is 17.9 Å². The third-order valence-corrected chi connectivity index (χ3v) is 3.27. The molecular formula is C16H21N5O2. The van der Waals surface area contributed by atoms with E-state index < -0.39 is 12.1 Å². The molecule has 1 heterocycles. The van der Waals surface area contributed by atoms with Crippen molar-refractivity contribution in [3.05, 3.63) is 48.3 Å². The Morgan fingerprint density at radius 3 is 2.65 bits per heavy atom. The third-order valence-electron chi connectivity index (χ3n) is 3.27. The molecule has 1 aromatic heterocycles. The van der Waals surface area contributed by atoms with E-state index in [1.54, 1.807) is 24.0 Å². The van der Waals surface area contributed by atoms with Crippen LogP contribution in [0.2, 0.25) is 0 Å². The molecule has 0 aliphatic carbocycles. The molecule has 0 bridgehead atoms. The van der Waals surface area contributed by atoms with E-state index in [0.717, 1.165) is 12.1 Å². The van der Waals surface area contributed by atoms with Gasteiger partial charge in [-0.3, -0.25) is 9.48 Å². The van der Waals surface area contributed by atoms with E-state index in [2.05, 4.69) is 21.0 Å². The summed E-state index contributed by atoms with van der Waals surface area (Å²) in [5.41, 5.74) is 1.59. The number of benzene rings is 1. The lowest BCUT2D eigenvalue weighted by atomic mass is 10.2. The van der Waals surface area contributed by atoms with Crippen molar-refractivity contribution < 1.29 is 9.59 Å². The minimum absolute atomic E-state index is 0.242. The Bertz CT molecular complexity index is 654. The number of aryl methyl sites for hydroxylation is 1. The van der Waals surface area contributed by atoms with Gasteiger partial charge in [0.2, 0.25) is 5.91 Å². The molecule has 1 aromatic carbocycles. The maximum Gasteiger partial charge on any atom is 0.319 e. The molecule has 0 aliphatic rings. The number of hydrogen-bond donors (Lipinski definition) is 3. The van der Waals surface area contributed by atoms with Crippen LogP contribution in [0.5, 0.6) is 0 Å². The van der Waals surface area contributed by atoms with Crippen molar-refractivity contribution in [2.24, 2.45) is 0 Å². The largest absolute Gasteiger partial charge is 0.350 e. The minimum Gasteiger partial charge on any atom is -0.350 e. The summed E-state index contributed by atoms with van der Waals surface area (Å²) in [6, 6.07) is 8.51. The van der Waals surface area contributed by atoms with Gasteiger partial charge in [-0.05, 0) is 19.4 Å². The van der Waals surface area contributed by atoms with Crippen LogP contribution < -0.4 is 16.0 Å². The molecule has 122 valence electrons. The summed E-state index contributed by atoms with van der Waals surface area (Å²) in [5, 5.41) is 12.1. The smallest absolute Gasteiger partial charge is 0.319 e. The Balaban J connectivity index is 1.77. The van der Waals surface area contributed by atoms with Crippen LogP contribution >= 0.6 is 0 Å². The first-order valence-electron chi connectivity index (χ1n) is 7.50. The average Bonchev–Trinajstić information content (AvgIpc) is 3.00. The first-order chi connectivity index (χ1) is 11.1. The fourth-order valence-electron chi connectivity index (χ4n) is 1.97. The zero-order chi connectivity index (χ0) is 16.7. The highest BCUT2D eigenvalue weighted by Crippen LogP contribution is 2.04. The van der Waals surface area contributed by atoms with Crippen LogP contribution in [-0.4, -0.2) is 27.8 Å². The number of amides is 3. The summed E-state index contributed by atoms with van der Waals surface area (Å²) in [4.78, 5) is 23.8. The number of nitrogens with zero attached hydrogens (tertiary/aromatic N) is 2. The van der Waals surface area contributed by atoms with Crippen LogP contribution in [0.15, 0.2) is 42.7 Å². The lowest BCUT2D eigenvalue weighted by Crippen LogP contribution is -2.46. The Hall–Kier alpha value is -2.83. The Kier molecular flexibility index (Phi) is 5.74. The van der Waals surface area contributed by atoms with Gasteiger partial charge < -0.3 is 16.0 Å². The summed E-state index contributed by atoms with van der Waals surface area (Å²) in [7, 11) is 0. The van der Waals surface area contributed by atoms with Crippen molar-refractivity contribution in [1.82, 2.24) is 20.4 Å². The van der Waals surface area contributed by atoms with Crippen molar-refractivity contribution in [2.75, 3.05) is 5.32 Å². The van der Waals surface area contributed by atoms with E-state index in [0.29, 0.717) is 12.2 Å². The summed E-state index contributed by atoms with van der Waals surface area (Å²) in [6.07, 6.45) is 3.28. The average molecular weight is 315 g/mol. The van der Waals surface area contributed by atoms with Crippen LogP contribution in [0.3, 0.4) is 0 Å². The van der Waals surface area contributed by atoms with E-state index in [1.165, 1.54) is 0 Å². The zero-order valence-corrected chi connectivity index (χ0v) is 13.2. The number of nitrogens with one attached hydrogen (secondary N) is 3. The van der Waals surface area contributed by atoms with Crippen LogP contribution in [0.25, 0.3) is 0 Å². The monoisotopic (exact) mass is 315 g/mol. The van der Waals surface area contributed by atoms with Crippen molar-refractivity contribution in [3.8, 4) is 0 Å². The number of aromatic nitrogens is 2. The molecule has 0 saturated carbocycles. The first-order valence-corrected chi connectivity index (χ1v) is 7.50. The van der Waals surface area contributed by atoms with Crippen molar-refractivity contribution in [1.29, 1.82) is 0 Å². The van der Waals surface area contributed by atoms with Gasteiger partial charge in [-0.2, -0.15) is 5.10 Å².